The number of aliphatic carboxylic acids is 1. The summed E-state index contributed by atoms with van der Waals surface area (Å²) in [4.78, 5) is 18.5. The largest absolute Gasteiger partial charge is 0.481 e. The number of nitrogens with zero attached hydrogens (tertiary/aromatic N) is 3. The van der Waals surface area contributed by atoms with Gasteiger partial charge >= 0.3 is 5.97 Å². The van der Waals surface area contributed by atoms with Gasteiger partial charge in [0.15, 0.2) is 0 Å². The van der Waals surface area contributed by atoms with Gasteiger partial charge in [-0.15, -0.1) is 0 Å². The van der Waals surface area contributed by atoms with Gasteiger partial charge in [0.05, 0.1) is 37.9 Å². The van der Waals surface area contributed by atoms with Crippen LogP contribution in [0.2, 0.25) is 0 Å². The lowest BCUT2D eigenvalue weighted by Gasteiger charge is -2.71. The molecule has 9 nitrogen and oxygen atoms in total. The molecule has 0 amide bonds. The average molecular weight is 722 g/mol. The lowest BCUT2D eigenvalue weighted by Crippen LogP contribution is -2.69. The van der Waals surface area contributed by atoms with E-state index in [1.54, 1.807) is 11.9 Å². The molecule has 1 aromatic heterocycles. The van der Waals surface area contributed by atoms with Crippen LogP contribution in [-0.4, -0.2) is 70.4 Å². The van der Waals surface area contributed by atoms with Crippen molar-refractivity contribution in [2.75, 3.05) is 32.9 Å². The van der Waals surface area contributed by atoms with Crippen molar-refractivity contribution < 1.29 is 19.4 Å². The van der Waals surface area contributed by atoms with Gasteiger partial charge in [-0.25, -0.2) is 9.67 Å². The van der Waals surface area contributed by atoms with Gasteiger partial charge in [-0.05, 0) is 104 Å². The third-order valence-corrected chi connectivity index (χ3v) is 17.7. The zero-order chi connectivity index (χ0) is 37.9. The summed E-state index contributed by atoms with van der Waals surface area (Å²) < 4.78 is 16.3. The third-order valence-electron chi connectivity index (χ3n) is 17.7. The molecule has 292 valence electrons. The SMILES string of the molecule is CC(C)[C@@H](C)[C@@]1(C)CC[C@]2(C)[C@H]3CC[C@@H]4[C@@]5(COC[C@@]4(C)[C@@H](OC[C@](C)(N)C(C)(C)C)[C@H](n4ncnc4[C@@H]4CCNC4)C5)C3=CC[C@@]2(C)[C@@H]1C(=O)O. The molecule has 52 heavy (non-hydrogen) atoms. The lowest BCUT2D eigenvalue weighted by atomic mass is 9.34. The number of rotatable bonds is 8. The zero-order valence-corrected chi connectivity index (χ0v) is 34.3. The molecule has 5 fully saturated rings. The maximum absolute atomic E-state index is 13.6. The first kappa shape index (κ1) is 38.5. The molecule has 6 aliphatic rings. The molecule has 0 radical (unpaired) electrons. The minimum atomic E-state index is -0.610. The van der Waals surface area contributed by atoms with Gasteiger partial charge < -0.3 is 25.6 Å². The number of allylic oxidation sites excluding steroid dienone is 1. The van der Waals surface area contributed by atoms with Crippen molar-refractivity contribution in [3.63, 3.8) is 0 Å². The van der Waals surface area contributed by atoms with Gasteiger partial charge in [-0.3, -0.25) is 4.79 Å². The van der Waals surface area contributed by atoms with Crippen LogP contribution in [0.3, 0.4) is 0 Å². The van der Waals surface area contributed by atoms with Crippen LogP contribution in [0.5, 0.6) is 0 Å². The molecule has 2 saturated heterocycles. The summed E-state index contributed by atoms with van der Waals surface area (Å²) in [5, 5.41) is 19.7. The van der Waals surface area contributed by atoms with E-state index in [-0.39, 0.29) is 44.6 Å². The first-order valence-corrected chi connectivity index (χ1v) is 20.7. The first-order chi connectivity index (χ1) is 24.2. The van der Waals surface area contributed by atoms with Crippen LogP contribution >= 0.6 is 0 Å². The fourth-order valence-electron chi connectivity index (χ4n) is 13.3. The highest BCUT2D eigenvalue weighted by atomic mass is 16.5. The summed E-state index contributed by atoms with van der Waals surface area (Å²) in [5.41, 5.74) is 6.73. The van der Waals surface area contributed by atoms with E-state index in [1.807, 2.05) is 0 Å². The number of hydrogen-bond donors (Lipinski definition) is 3. The second-order valence-corrected chi connectivity index (χ2v) is 21.3. The molecule has 0 aromatic carbocycles. The van der Waals surface area contributed by atoms with Gasteiger partial charge in [0.1, 0.15) is 12.2 Å². The van der Waals surface area contributed by atoms with Crippen molar-refractivity contribution in [2.45, 2.75) is 145 Å². The normalized spacial score (nSPS) is 45.0. The van der Waals surface area contributed by atoms with Crippen LogP contribution in [-0.2, 0) is 14.3 Å². The lowest BCUT2D eigenvalue weighted by molar-refractivity contribution is -0.253. The number of carbonyl (C=O) groups is 1. The molecule has 4 aliphatic carbocycles. The molecule has 3 saturated carbocycles. The van der Waals surface area contributed by atoms with E-state index < -0.39 is 17.4 Å². The van der Waals surface area contributed by atoms with Crippen LogP contribution < -0.4 is 11.1 Å². The number of carboxylic acid groups (broad SMARTS) is 1. The zero-order valence-electron chi connectivity index (χ0n) is 34.3. The van der Waals surface area contributed by atoms with Gasteiger partial charge in [0, 0.05) is 28.8 Å². The van der Waals surface area contributed by atoms with E-state index in [1.165, 1.54) is 0 Å². The fourth-order valence-corrected chi connectivity index (χ4v) is 13.3. The summed E-state index contributed by atoms with van der Waals surface area (Å²) >= 11 is 0. The Bertz CT molecular complexity index is 1560. The predicted octanol–water partition coefficient (Wildman–Crippen LogP) is 7.63. The number of fused-ring (bicyclic) bond motifs is 3. The summed E-state index contributed by atoms with van der Waals surface area (Å²) in [6, 6.07) is -0.0203. The van der Waals surface area contributed by atoms with E-state index in [0.717, 1.165) is 63.9 Å². The van der Waals surface area contributed by atoms with E-state index in [4.69, 9.17) is 25.3 Å². The van der Waals surface area contributed by atoms with Gasteiger partial charge in [0.2, 0.25) is 0 Å². The molecule has 0 unspecified atom stereocenters. The second kappa shape index (κ2) is 12.6. The molecule has 3 heterocycles. The van der Waals surface area contributed by atoms with Crippen molar-refractivity contribution in [1.29, 1.82) is 0 Å². The topological polar surface area (TPSA) is 125 Å². The van der Waals surface area contributed by atoms with E-state index in [0.29, 0.717) is 49.4 Å². The van der Waals surface area contributed by atoms with Crippen molar-refractivity contribution >= 4 is 5.97 Å². The Kier molecular flexibility index (Phi) is 9.33. The van der Waals surface area contributed by atoms with E-state index in [2.05, 4.69) is 92.2 Å². The molecule has 0 spiro atoms. The van der Waals surface area contributed by atoms with Crippen LogP contribution in [0.4, 0.5) is 0 Å². The maximum atomic E-state index is 13.6. The van der Waals surface area contributed by atoms with Crippen molar-refractivity contribution in [1.82, 2.24) is 20.1 Å². The Hall–Kier alpha value is -1.81. The summed E-state index contributed by atoms with van der Waals surface area (Å²) in [6.07, 6.45) is 11.1. The van der Waals surface area contributed by atoms with Crippen molar-refractivity contribution in [3.05, 3.63) is 23.8 Å². The Labute approximate surface area is 314 Å². The van der Waals surface area contributed by atoms with Crippen molar-refractivity contribution in [3.8, 4) is 0 Å². The predicted molar refractivity (Wildman–Crippen MR) is 205 cm³/mol. The van der Waals surface area contributed by atoms with E-state index >= 15 is 0 Å². The molecule has 9 heteroatoms. The third kappa shape index (κ3) is 5.31. The van der Waals surface area contributed by atoms with Crippen molar-refractivity contribution in [2.24, 2.45) is 67.8 Å². The van der Waals surface area contributed by atoms with E-state index in [9.17, 15) is 9.90 Å². The average Bonchev–Trinajstić information content (AvgIpc) is 3.76. The molecular formula is C43H71N5O4. The van der Waals surface area contributed by atoms with Crippen LogP contribution in [0.1, 0.15) is 139 Å². The number of aromatic nitrogens is 3. The fraction of sp³-hybridized carbons (Fsp3) is 0.884. The standard InChI is InChI=1S/C43H71N5O4/c1-26(2)27(3)38(7)17-18-40(9)29-12-13-32-39(8)22-51-24-43(32,30(29)14-16-41(40,10)33(38)36(49)50)20-31(34(39)52-23-42(11,44)37(4,5)6)48-35(46-25-47-48)28-15-19-45-21-28/h14,25-29,31-34,45H,12-13,15-24,44H2,1-11H3,(H,49,50)/t27-,28-,29+,31-,32+,33-,34+,38-,39-,40-,41+,42+,43+/m1/s1. The Morgan fingerprint density at radius 3 is 2.46 bits per heavy atom. The minimum Gasteiger partial charge on any atom is -0.481 e. The first-order valence-electron chi connectivity index (χ1n) is 20.7. The number of nitrogens with two attached hydrogens (primary N) is 1. The monoisotopic (exact) mass is 722 g/mol. The van der Waals surface area contributed by atoms with Gasteiger partial charge in [-0.2, -0.15) is 5.10 Å². The quantitative estimate of drug-likeness (QED) is 0.234. The molecule has 13 atom stereocenters. The molecule has 2 aliphatic heterocycles. The molecular weight excluding hydrogens is 651 g/mol. The second-order valence-electron chi connectivity index (χ2n) is 21.3. The van der Waals surface area contributed by atoms with Gasteiger partial charge in [-0.1, -0.05) is 80.9 Å². The number of nitrogens with one attached hydrogen (secondary N) is 1. The highest BCUT2D eigenvalue weighted by Crippen LogP contribution is 2.75. The molecule has 7 rings (SSSR count). The van der Waals surface area contributed by atoms with Crippen LogP contribution in [0, 0.1) is 62.1 Å². The highest BCUT2D eigenvalue weighted by molar-refractivity contribution is 5.73. The van der Waals surface area contributed by atoms with Crippen LogP contribution in [0.15, 0.2) is 18.0 Å². The number of carboxylic acids is 1. The molecule has 4 N–H and O–H groups in total. The number of ether oxygens (including phenoxy) is 2. The molecule has 1 aromatic rings. The summed E-state index contributed by atoms with van der Waals surface area (Å²) in [7, 11) is 0. The Morgan fingerprint density at radius 2 is 1.83 bits per heavy atom. The van der Waals surface area contributed by atoms with Crippen LogP contribution in [0.25, 0.3) is 0 Å². The number of hydrogen-bond acceptors (Lipinski definition) is 7. The Morgan fingerprint density at radius 1 is 1.10 bits per heavy atom. The molecule has 2 bridgehead atoms. The smallest absolute Gasteiger partial charge is 0.307 e. The Balaban J connectivity index is 1.33. The summed E-state index contributed by atoms with van der Waals surface area (Å²) in [5.74, 6) is 1.81. The summed E-state index contributed by atoms with van der Waals surface area (Å²) in [6.45, 7) is 28.8. The van der Waals surface area contributed by atoms with Gasteiger partial charge in [0.25, 0.3) is 0 Å². The maximum Gasteiger partial charge on any atom is 0.307 e. The minimum absolute atomic E-state index is 0.0203. The highest BCUT2D eigenvalue weighted by Gasteiger charge is 2.72.